The Kier molecular flexibility index (Phi) is 1.38. The molecule has 0 spiro atoms. The Bertz CT molecular complexity index is 144. The molecule has 2 heterocycles. The van der Waals surface area contributed by atoms with Crippen LogP contribution in [0.15, 0.2) is 0 Å². The molecule has 0 bridgehead atoms. The molecule has 1 amide bonds. The van der Waals surface area contributed by atoms with Crippen molar-refractivity contribution in [1.82, 2.24) is 5.32 Å². The number of carbonyl (C=O) groups is 1. The van der Waals surface area contributed by atoms with Crippen molar-refractivity contribution in [3.8, 4) is 0 Å². The van der Waals surface area contributed by atoms with E-state index in [2.05, 4.69) is 5.32 Å². The molecule has 1 N–H and O–H groups in total. The molecular weight excluding hydrogens is 130 g/mol. The van der Waals surface area contributed by atoms with Gasteiger partial charge >= 0.3 is 0 Å². The van der Waals surface area contributed by atoms with E-state index in [1.807, 2.05) is 0 Å². The van der Waals surface area contributed by atoms with Crippen molar-refractivity contribution in [1.29, 1.82) is 0 Å². The summed E-state index contributed by atoms with van der Waals surface area (Å²) in [4.78, 5) is 10.5. The average Bonchev–Trinajstić information content (AvgIpc) is 2.31. The summed E-state index contributed by atoms with van der Waals surface area (Å²) < 4.78 is 5.39. The van der Waals surface area contributed by atoms with Gasteiger partial charge in [0.1, 0.15) is 0 Å². The molecule has 2 aliphatic heterocycles. The van der Waals surface area contributed by atoms with Crippen LogP contribution >= 0.6 is 0 Å². The van der Waals surface area contributed by atoms with Gasteiger partial charge in [-0.25, -0.2) is 0 Å². The largest absolute Gasteiger partial charge is 0.376 e. The highest BCUT2D eigenvalue weighted by atomic mass is 16.5. The molecule has 0 aliphatic carbocycles. The SMILES string of the molecule is O=C1CC(C2CCCO2)N1. The average molecular weight is 141 g/mol. The third-order valence-corrected chi connectivity index (χ3v) is 2.17. The Labute approximate surface area is 59.7 Å². The molecule has 0 aromatic heterocycles. The molecule has 2 fully saturated rings. The monoisotopic (exact) mass is 141 g/mol. The summed E-state index contributed by atoms with van der Waals surface area (Å²) in [6.45, 7) is 0.872. The van der Waals surface area contributed by atoms with Gasteiger partial charge < -0.3 is 10.1 Å². The van der Waals surface area contributed by atoms with Crippen LogP contribution in [0.25, 0.3) is 0 Å². The summed E-state index contributed by atoms with van der Waals surface area (Å²) in [7, 11) is 0. The van der Waals surface area contributed by atoms with Gasteiger partial charge in [-0.2, -0.15) is 0 Å². The fraction of sp³-hybridized carbons (Fsp3) is 0.857. The first-order chi connectivity index (χ1) is 4.86. The topological polar surface area (TPSA) is 38.3 Å². The Morgan fingerprint density at radius 1 is 1.60 bits per heavy atom. The van der Waals surface area contributed by atoms with Gasteiger partial charge in [0.15, 0.2) is 0 Å². The van der Waals surface area contributed by atoms with Crippen LogP contribution in [-0.4, -0.2) is 24.7 Å². The number of rotatable bonds is 1. The molecule has 0 aromatic carbocycles. The Hall–Kier alpha value is -0.570. The van der Waals surface area contributed by atoms with Gasteiger partial charge in [-0.1, -0.05) is 0 Å². The third-order valence-electron chi connectivity index (χ3n) is 2.17. The smallest absolute Gasteiger partial charge is 0.222 e. The number of ether oxygens (including phenoxy) is 1. The van der Waals surface area contributed by atoms with Gasteiger partial charge in [0.05, 0.1) is 12.1 Å². The van der Waals surface area contributed by atoms with E-state index in [1.165, 1.54) is 0 Å². The lowest BCUT2D eigenvalue weighted by molar-refractivity contribution is -0.131. The Balaban J connectivity index is 1.83. The summed E-state index contributed by atoms with van der Waals surface area (Å²) in [6, 6.07) is 0.329. The summed E-state index contributed by atoms with van der Waals surface area (Å²) >= 11 is 0. The molecule has 56 valence electrons. The Morgan fingerprint density at radius 2 is 2.40 bits per heavy atom. The van der Waals surface area contributed by atoms with E-state index < -0.39 is 0 Å². The first kappa shape index (κ1) is 6.16. The standard InChI is InChI=1S/C7H11NO2/c9-7-4-5(8-7)6-2-1-3-10-6/h5-6H,1-4H2,(H,8,9). The van der Waals surface area contributed by atoms with Crippen molar-refractivity contribution < 1.29 is 9.53 Å². The van der Waals surface area contributed by atoms with Crippen LogP contribution in [0, 0.1) is 0 Å². The van der Waals surface area contributed by atoms with E-state index in [0.29, 0.717) is 18.6 Å². The lowest BCUT2D eigenvalue weighted by Crippen LogP contribution is -2.54. The van der Waals surface area contributed by atoms with E-state index in [0.717, 1.165) is 19.4 Å². The predicted octanol–water partition coefficient (Wildman–Crippen LogP) is 0.0539. The maximum atomic E-state index is 10.5. The number of nitrogens with one attached hydrogen (secondary N) is 1. The van der Waals surface area contributed by atoms with Crippen molar-refractivity contribution >= 4 is 5.91 Å². The van der Waals surface area contributed by atoms with E-state index in [4.69, 9.17) is 4.74 Å². The summed E-state index contributed by atoms with van der Waals surface area (Å²) in [5.74, 6) is 0.167. The van der Waals surface area contributed by atoms with Gasteiger partial charge in [-0.05, 0) is 12.8 Å². The zero-order chi connectivity index (χ0) is 6.97. The third kappa shape index (κ3) is 0.904. The molecule has 2 saturated heterocycles. The van der Waals surface area contributed by atoms with Crippen LogP contribution in [0.5, 0.6) is 0 Å². The van der Waals surface area contributed by atoms with Crippen LogP contribution in [0.3, 0.4) is 0 Å². The second-order valence-corrected chi connectivity index (χ2v) is 2.93. The lowest BCUT2D eigenvalue weighted by Gasteiger charge is -2.31. The number of hydrogen-bond donors (Lipinski definition) is 1. The predicted molar refractivity (Wildman–Crippen MR) is 35.5 cm³/mol. The number of amides is 1. The van der Waals surface area contributed by atoms with Gasteiger partial charge in [-0.3, -0.25) is 4.79 Å². The maximum Gasteiger partial charge on any atom is 0.222 e. The van der Waals surface area contributed by atoms with Gasteiger partial charge in [0, 0.05) is 13.0 Å². The van der Waals surface area contributed by atoms with Crippen molar-refractivity contribution in [3.05, 3.63) is 0 Å². The maximum absolute atomic E-state index is 10.5. The number of carbonyl (C=O) groups excluding carboxylic acids is 1. The normalized spacial score (nSPS) is 39.0. The molecular formula is C7H11NO2. The van der Waals surface area contributed by atoms with Crippen molar-refractivity contribution in [2.24, 2.45) is 0 Å². The number of hydrogen-bond acceptors (Lipinski definition) is 2. The first-order valence-corrected chi connectivity index (χ1v) is 3.77. The fourth-order valence-corrected chi connectivity index (χ4v) is 1.53. The zero-order valence-corrected chi connectivity index (χ0v) is 5.80. The van der Waals surface area contributed by atoms with Gasteiger partial charge in [0.25, 0.3) is 0 Å². The second-order valence-electron chi connectivity index (χ2n) is 2.93. The molecule has 3 nitrogen and oxygen atoms in total. The van der Waals surface area contributed by atoms with Gasteiger partial charge in [-0.15, -0.1) is 0 Å². The van der Waals surface area contributed by atoms with Crippen LogP contribution in [0.2, 0.25) is 0 Å². The summed E-state index contributed by atoms with van der Waals surface area (Å²) in [5, 5.41) is 2.82. The molecule has 3 heteroatoms. The quantitative estimate of drug-likeness (QED) is 0.524. The van der Waals surface area contributed by atoms with Crippen molar-refractivity contribution in [2.75, 3.05) is 6.61 Å². The van der Waals surface area contributed by atoms with E-state index >= 15 is 0 Å². The second kappa shape index (κ2) is 2.23. The minimum Gasteiger partial charge on any atom is -0.376 e. The fourth-order valence-electron chi connectivity index (χ4n) is 1.53. The highest BCUT2D eigenvalue weighted by molar-refractivity contribution is 5.83. The van der Waals surface area contributed by atoms with E-state index in [1.54, 1.807) is 0 Å². The molecule has 2 rings (SSSR count). The molecule has 2 atom stereocenters. The minimum absolute atomic E-state index is 0.167. The summed E-state index contributed by atoms with van der Waals surface area (Å²) in [5.41, 5.74) is 0. The molecule has 0 aromatic rings. The minimum atomic E-state index is 0.167. The Morgan fingerprint density at radius 3 is 2.90 bits per heavy atom. The van der Waals surface area contributed by atoms with Gasteiger partial charge in [0.2, 0.25) is 5.91 Å². The first-order valence-electron chi connectivity index (χ1n) is 3.77. The number of β-lactam (4-membered cyclic amide) rings is 1. The zero-order valence-electron chi connectivity index (χ0n) is 5.80. The molecule has 0 saturated carbocycles. The molecule has 0 radical (unpaired) electrons. The van der Waals surface area contributed by atoms with Crippen molar-refractivity contribution in [3.63, 3.8) is 0 Å². The lowest BCUT2D eigenvalue weighted by atomic mass is 9.98. The highest BCUT2D eigenvalue weighted by Crippen LogP contribution is 2.21. The molecule has 2 aliphatic rings. The van der Waals surface area contributed by atoms with Crippen LogP contribution < -0.4 is 5.32 Å². The molecule has 10 heavy (non-hydrogen) atoms. The van der Waals surface area contributed by atoms with Crippen LogP contribution in [0.1, 0.15) is 19.3 Å². The van der Waals surface area contributed by atoms with E-state index in [9.17, 15) is 4.79 Å². The van der Waals surface area contributed by atoms with Crippen LogP contribution in [0.4, 0.5) is 0 Å². The van der Waals surface area contributed by atoms with E-state index in [-0.39, 0.29) is 5.91 Å². The van der Waals surface area contributed by atoms with Crippen LogP contribution in [-0.2, 0) is 9.53 Å². The molecule has 2 unspecified atom stereocenters. The highest BCUT2D eigenvalue weighted by Gasteiger charge is 2.34. The van der Waals surface area contributed by atoms with Crippen molar-refractivity contribution in [2.45, 2.75) is 31.4 Å². The summed E-state index contributed by atoms with van der Waals surface area (Å²) in [6.07, 6.45) is 3.25.